The van der Waals surface area contributed by atoms with Crippen molar-refractivity contribution in [3.05, 3.63) is 29.8 Å². The van der Waals surface area contributed by atoms with E-state index in [4.69, 9.17) is 9.47 Å². The lowest BCUT2D eigenvalue weighted by Crippen LogP contribution is -2.36. The van der Waals surface area contributed by atoms with Crippen LogP contribution in [0.2, 0.25) is 0 Å². The predicted octanol–water partition coefficient (Wildman–Crippen LogP) is 2.99. The van der Waals surface area contributed by atoms with Crippen LogP contribution in [-0.2, 0) is 11.3 Å². The molecule has 0 aromatic heterocycles. The van der Waals surface area contributed by atoms with E-state index in [0.29, 0.717) is 25.8 Å². The van der Waals surface area contributed by atoms with E-state index in [1.807, 2.05) is 24.3 Å². The molecule has 0 fully saturated rings. The minimum Gasteiger partial charge on any atom is -0.497 e. The zero-order chi connectivity index (χ0) is 16.4. The molecule has 0 spiro atoms. The Morgan fingerprint density at radius 1 is 1.09 bits per heavy atom. The number of aliphatic hydroxyl groups is 1. The Morgan fingerprint density at radius 2 is 1.77 bits per heavy atom. The quantitative estimate of drug-likeness (QED) is 0.660. The lowest BCUT2D eigenvalue weighted by Gasteiger charge is -2.18. The second-order valence-corrected chi connectivity index (χ2v) is 6.30. The number of aliphatic hydroxyl groups excluding tert-OH is 1. The molecule has 1 rings (SSSR count). The van der Waals surface area contributed by atoms with Gasteiger partial charge in [0.1, 0.15) is 5.75 Å². The Morgan fingerprint density at radius 3 is 2.36 bits per heavy atom. The van der Waals surface area contributed by atoms with Crippen molar-refractivity contribution in [3.63, 3.8) is 0 Å². The highest BCUT2D eigenvalue weighted by Gasteiger charge is 2.08. The summed E-state index contributed by atoms with van der Waals surface area (Å²) < 4.78 is 10.7. The van der Waals surface area contributed by atoms with E-state index in [1.54, 1.807) is 7.11 Å². The molecule has 0 aliphatic rings. The molecular weight excluding hydrogens is 278 g/mol. The molecule has 22 heavy (non-hydrogen) atoms. The topological polar surface area (TPSA) is 50.7 Å². The summed E-state index contributed by atoms with van der Waals surface area (Å²) in [5.41, 5.74) is 1.08. The normalized spacial score (nSPS) is 14.1. The summed E-state index contributed by atoms with van der Waals surface area (Å²) in [7, 11) is 1.65. The highest BCUT2D eigenvalue weighted by molar-refractivity contribution is 5.26. The molecule has 4 heteroatoms. The van der Waals surface area contributed by atoms with Gasteiger partial charge in [-0.1, -0.05) is 26.0 Å². The molecule has 1 aromatic carbocycles. The van der Waals surface area contributed by atoms with E-state index < -0.39 is 6.10 Å². The van der Waals surface area contributed by atoms with Gasteiger partial charge in [0, 0.05) is 12.6 Å². The fourth-order valence-electron chi connectivity index (χ4n) is 2.12. The van der Waals surface area contributed by atoms with Crippen LogP contribution in [0.3, 0.4) is 0 Å². The first-order chi connectivity index (χ1) is 10.5. The molecule has 0 saturated carbocycles. The maximum Gasteiger partial charge on any atom is 0.118 e. The summed E-state index contributed by atoms with van der Waals surface area (Å²) in [5, 5.41) is 13.3. The summed E-state index contributed by atoms with van der Waals surface area (Å²) >= 11 is 0. The van der Waals surface area contributed by atoms with E-state index in [0.717, 1.165) is 23.7 Å². The summed E-state index contributed by atoms with van der Waals surface area (Å²) in [6.07, 6.45) is 1.87. The molecule has 0 saturated heterocycles. The van der Waals surface area contributed by atoms with Gasteiger partial charge >= 0.3 is 0 Å². The van der Waals surface area contributed by atoms with Crippen LogP contribution < -0.4 is 10.1 Å². The average Bonchev–Trinajstić information content (AvgIpc) is 2.51. The highest BCUT2D eigenvalue weighted by atomic mass is 16.5. The van der Waals surface area contributed by atoms with E-state index in [2.05, 4.69) is 26.1 Å². The Labute approximate surface area is 134 Å². The largest absolute Gasteiger partial charge is 0.497 e. The number of hydrogen-bond donors (Lipinski definition) is 2. The van der Waals surface area contributed by atoms with E-state index in [1.165, 1.54) is 6.42 Å². The third-order valence-electron chi connectivity index (χ3n) is 3.62. The van der Waals surface area contributed by atoms with Gasteiger partial charge in [-0.05, 0) is 43.4 Å². The van der Waals surface area contributed by atoms with Gasteiger partial charge < -0.3 is 19.9 Å². The molecule has 0 amide bonds. The van der Waals surface area contributed by atoms with Gasteiger partial charge in [0.25, 0.3) is 0 Å². The first kappa shape index (κ1) is 18.9. The van der Waals surface area contributed by atoms with Crippen LogP contribution >= 0.6 is 0 Å². The van der Waals surface area contributed by atoms with Crippen LogP contribution in [0, 0.1) is 5.92 Å². The molecule has 0 aliphatic heterocycles. The van der Waals surface area contributed by atoms with Gasteiger partial charge in [-0.25, -0.2) is 0 Å². The first-order valence-electron chi connectivity index (χ1n) is 8.13. The van der Waals surface area contributed by atoms with Gasteiger partial charge in [-0.2, -0.15) is 0 Å². The molecule has 2 atom stereocenters. The first-order valence-corrected chi connectivity index (χ1v) is 8.13. The molecule has 2 unspecified atom stereocenters. The molecule has 0 aliphatic carbocycles. The fourth-order valence-corrected chi connectivity index (χ4v) is 2.12. The number of nitrogens with one attached hydrogen (secondary N) is 1. The van der Waals surface area contributed by atoms with E-state index >= 15 is 0 Å². The molecule has 4 nitrogen and oxygen atoms in total. The van der Waals surface area contributed by atoms with Crippen LogP contribution in [0.1, 0.15) is 39.2 Å². The summed E-state index contributed by atoms with van der Waals surface area (Å²) in [6.45, 7) is 8.04. The Hall–Kier alpha value is -1.10. The van der Waals surface area contributed by atoms with Crippen molar-refractivity contribution in [1.29, 1.82) is 0 Å². The summed E-state index contributed by atoms with van der Waals surface area (Å²) in [5.74, 6) is 1.56. The monoisotopic (exact) mass is 309 g/mol. The summed E-state index contributed by atoms with van der Waals surface area (Å²) in [6, 6.07) is 8.19. The average molecular weight is 309 g/mol. The number of methoxy groups -OCH3 is 1. The molecular formula is C18H31NO3. The van der Waals surface area contributed by atoms with Crippen LogP contribution in [0.4, 0.5) is 0 Å². The van der Waals surface area contributed by atoms with Crippen molar-refractivity contribution >= 4 is 0 Å². The zero-order valence-electron chi connectivity index (χ0n) is 14.3. The second-order valence-electron chi connectivity index (χ2n) is 6.30. The molecule has 2 N–H and O–H groups in total. The minimum atomic E-state index is -0.472. The maximum atomic E-state index is 9.93. The highest BCUT2D eigenvalue weighted by Crippen LogP contribution is 2.12. The third kappa shape index (κ3) is 8.37. The SMILES string of the molecule is COc1ccc(COCC(O)CNC(C)CCC(C)C)cc1. The fraction of sp³-hybridized carbons (Fsp3) is 0.667. The van der Waals surface area contributed by atoms with Gasteiger partial charge in [0.05, 0.1) is 26.4 Å². The smallest absolute Gasteiger partial charge is 0.118 e. The number of ether oxygens (including phenoxy) is 2. The van der Waals surface area contributed by atoms with Crippen LogP contribution in [0.25, 0.3) is 0 Å². The van der Waals surface area contributed by atoms with Crippen molar-refractivity contribution in [3.8, 4) is 5.75 Å². The van der Waals surface area contributed by atoms with Crippen LogP contribution in [0.5, 0.6) is 5.75 Å². The predicted molar refractivity (Wildman–Crippen MR) is 90.2 cm³/mol. The number of benzene rings is 1. The standard InChI is InChI=1S/C18H31NO3/c1-14(2)5-6-15(3)19-11-17(20)13-22-12-16-7-9-18(21-4)10-8-16/h7-10,14-15,17,19-20H,5-6,11-13H2,1-4H3. The van der Waals surface area contributed by atoms with Crippen LogP contribution in [0.15, 0.2) is 24.3 Å². The minimum absolute atomic E-state index is 0.343. The van der Waals surface area contributed by atoms with E-state index in [9.17, 15) is 5.11 Å². The summed E-state index contributed by atoms with van der Waals surface area (Å²) in [4.78, 5) is 0. The molecule has 0 radical (unpaired) electrons. The van der Waals surface area contributed by atoms with Crippen molar-refractivity contribution in [2.45, 2.75) is 52.4 Å². The lowest BCUT2D eigenvalue weighted by molar-refractivity contribution is 0.0276. The zero-order valence-corrected chi connectivity index (χ0v) is 14.3. The Balaban J connectivity index is 2.13. The van der Waals surface area contributed by atoms with E-state index in [-0.39, 0.29) is 0 Å². The van der Waals surface area contributed by atoms with Gasteiger partial charge in [0.2, 0.25) is 0 Å². The number of rotatable bonds is 11. The maximum absolute atomic E-state index is 9.93. The molecule has 1 aromatic rings. The second kappa shape index (κ2) is 10.6. The molecule has 126 valence electrons. The van der Waals surface area contributed by atoms with Gasteiger partial charge in [-0.3, -0.25) is 0 Å². The van der Waals surface area contributed by atoms with Gasteiger partial charge in [0.15, 0.2) is 0 Å². The molecule has 0 heterocycles. The molecule has 0 bridgehead atoms. The Bertz CT molecular complexity index is 392. The lowest BCUT2D eigenvalue weighted by atomic mass is 10.0. The number of hydrogen-bond acceptors (Lipinski definition) is 4. The Kier molecular flexibility index (Phi) is 9.13. The van der Waals surface area contributed by atoms with Crippen molar-refractivity contribution in [1.82, 2.24) is 5.32 Å². The van der Waals surface area contributed by atoms with Crippen molar-refractivity contribution in [2.24, 2.45) is 5.92 Å². The van der Waals surface area contributed by atoms with Crippen molar-refractivity contribution in [2.75, 3.05) is 20.3 Å². The van der Waals surface area contributed by atoms with Crippen LogP contribution in [-0.4, -0.2) is 37.5 Å². The van der Waals surface area contributed by atoms with Crippen molar-refractivity contribution < 1.29 is 14.6 Å². The van der Waals surface area contributed by atoms with Gasteiger partial charge in [-0.15, -0.1) is 0 Å². The third-order valence-corrected chi connectivity index (χ3v) is 3.62.